The van der Waals surface area contributed by atoms with Crippen LogP contribution in [0.5, 0.6) is 5.75 Å². The molecule has 1 N–H and O–H groups in total. The second-order valence-electron chi connectivity index (χ2n) is 7.74. The van der Waals surface area contributed by atoms with Gasteiger partial charge >= 0.3 is 0 Å². The number of hydrogen-bond donors (Lipinski definition) is 1. The number of sulfonamides is 1. The first-order chi connectivity index (χ1) is 14.7. The topological polar surface area (TPSA) is 84.9 Å². The largest absolute Gasteiger partial charge is 0.495 e. The highest BCUT2D eigenvalue weighted by atomic mass is 35.5. The van der Waals surface area contributed by atoms with Crippen molar-refractivity contribution in [2.75, 3.05) is 41.0 Å². The molecule has 1 aliphatic heterocycles. The first-order valence-electron chi connectivity index (χ1n) is 9.92. The summed E-state index contributed by atoms with van der Waals surface area (Å²) in [6.07, 6.45) is 1.49. The SMILES string of the molecule is COc1ccc(C(=O)NCC2(c3cccc(Cl)c3)CCOCC2)cc1S(=O)(=O)N(C)C. The zero-order valence-corrected chi connectivity index (χ0v) is 19.4. The predicted molar refractivity (Wildman–Crippen MR) is 119 cm³/mol. The van der Waals surface area contributed by atoms with Crippen molar-refractivity contribution < 1.29 is 22.7 Å². The van der Waals surface area contributed by atoms with Crippen molar-refractivity contribution in [1.82, 2.24) is 9.62 Å². The van der Waals surface area contributed by atoms with Gasteiger partial charge in [-0.2, -0.15) is 0 Å². The molecule has 9 heteroatoms. The Morgan fingerprint density at radius 1 is 1.19 bits per heavy atom. The van der Waals surface area contributed by atoms with E-state index < -0.39 is 10.0 Å². The molecule has 0 bridgehead atoms. The molecule has 1 heterocycles. The van der Waals surface area contributed by atoms with Crippen LogP contribution in [0.25, 0.3) is 0 Å². The minimum atomic E-state index is -3.77. The summed E-state index contributed by atoms with van der Waals surface area (Å²) in [6, 6.07) is 12.1. The average Bonchev–Trinajstić information content (AvgIpc) is 2.77. The van der Waals surface area contributed by atoms with Crippen LogP contribution < -0.4 is 10.1 Å². The van der Waals surface area contributed by atoms with Gasteiger partial charge in [-0.3, -0.25) is 4.79 Å². The van der Waals surface area contributed by atoms with Gasteiger partial charge in [0.1, 0.15) is 10.6 Å². The van der Waals surface area contributed by atoms with Crippen LogP contribution in [-0.4, -0.2) is 59.6 Å². The third-order valence-electron chi connectivity index (χ3n) is 5.66. The summed E-state index contributed by atoms with van der Waals surface area (Å²) in [6.45, 7) is 1.57. The number of methoxy groups -OCH3 is 1. The lowest BCUT2D eigenvalue weighted by atomic mass is 9.74. The van der Waals surface area contributed by atoms with E-state index in [2.05, 4.69) is 5.32 Å². The van der Waals surface area contributed by atoms with Gasteiger partial charge in [0.2, 0.25) is 10.0 Å². The van der Waals surface area contributed by atoms with Crippen molar-refractivity contribution in [3.8, 4) is 5.75 Å². The number of halogens is 1. The molecule has 168 valence electrons. The van der Waals surface area contributed by atoms with E-state index in [1.54, 1.807) is 6.07 Å². The number of carbonyl (C=O) groups excluding carboxylic acids is 1. The van der Waals surface area contributed by atoms with Gasteiger partial charge in [-0.25, -0.2) is 12.7 Å². The Morgan fingerprint density at radius 2 is 1.90 bits per heavy atom. The Morgan fingerprint density at radius 3 is 2.52 bits per heavy atom. The number of amides is 1. The molecule has 7 nitrogen and oxygen atoms in total. The Balaban J connectivity index is 1.87. The Kier molecular flexibility index (Phi) is 7.26. The number of ether oxygens (including phenoxy) is 2. The molecule has 1 amide bonds. The van der Waals surface area contributed by atoms with E-state index in [0.717, 1.165) is 22.7 Å². The fourth-order valence-electron chi connectivity index (χ4n) is 3.72. The summed E-state index contributed by atoms with van der Waals surface area (Å²) in [5.41, 5.74) is 0.993. The quantitative estimate of drug-likeness (QED) is 0.677. The molecule has 0 aromatic heterocycles. The van der Waals surface area contributed by atoms with E-state index in [1.807, 2.05) is 24.3 Å². The van der Waals surface area contributed by atoms with Crippen LogP contribution in [0.2, 0.25) is 5.02 Å². The first-order valence-corrected chi connectivity index (χ1v) is 11.7. The highest BCUT2D eigenvalue weighted by Crippen LogP contribution is 2.35. The molecule has 0 unspecified atom stereocenters. The van der Waals surface area contributed by atoms with Crippen molar-refractivity contribution >= 4 is 27.5 Å². The summed E-state index contributed by atoms with van der Waals surface area (Å²) in [5, 5.41) is 3.63. The molecule has 0 radical (unpaired) electrons. The highest BCUT2D eigenvalue weighted by molar-refractivity contribution is 7.89. The lowest BCUT2D eigenvalue weighted by Gasteiger charge is -2.38. The standard InChI is InChI=1S/C22H27ClN2O5S/c1-25(2)31(27,28)20-13-16(7-8-19(20)29-3)21(26)24-15-22(9-11-30-12-10-22)17-5-4-6-18(23)14-17/h4-8,13-14H,9-12,15H2,1-3H3,(H,24,26). The number of nitrogens with zero attached hydrogens (tertiary/aromatic N) is 1. The molecule has 31 heavy (non-hydrogen) atoms. The molecule has 3 rings (SSSR count). The predicted octanol–water partition coefficient (Wildman–Crippen LogP) is 3.08. The molecular weight excluding hydrogens is 440 g/mol. The Hall–Kier alpha value is -2.13. The molecule has 1 saturated heterocycles. The van der Waals surface area contributed by atoms with E-state index in [1.165, 1.54) is 33.3 Å². The van der Waals surface area contributed by atoms with Gasteiger partial charge in [-0.05, 0) is 48.7 Å². The number of benzene rings is 2. The van der Waals surface area contributed by atoms with Crippen LogP contribution in [0, 0.1) is 0 Å². The van der Waals surface area contributed by atoms with Crippen molar-refractivity contribution in [1.29, 1.82) is 0 Å². The second-order valence-corrected chi connectivity index (χ2v) is 10.3. The van der Waals surface area contributed by atoms with Gasteiger partial charge in [0.05, 0.1) is 7.11 Å². The van der Waals surface area contributed by atoms with Crippen molar-refractivity contribution in [2.45, 2.75) is 23.2 Å². The van der Waals surface area contributed by atoms with Gasteiger partial charge in [-0.15, -0.1) is 0 Å². The zero-order chi connectivity index (χ0) is 22.6. The molecule has 0 aliphatic carbocycles. The van der Waals surface area contributed by atoms with E-state index in [0.29, 0.717) is 24.8 Å². The van der Waals surface area contributed by atoms with Crippen LogP contribution in [0.15, 0.2) is 47.4 Å². The molecule has 1 fully saturated rings. The van der Waals surface area contributed by atoms with Crippen molar-refractivity contribution in [2.24, 2.45) is 0 Å². The second kappa shape index (κ2) is 9.56. The average molecular weight is 467 g/mol. The Labute approximate surface area is 188 Å². The van der Waals surface area contributed by atoms with E-state index in [4.69, 9.17) is 21.1 Å². The summed E-state index contributed by atoms with van der Waals surface area (Å²) in [5.74, 6) is -0.171. The normalized spacial score (nSPS) is 16.2. The maximum absolute atomic E-state index is 13.0. The van der Waals surface area contributed by atoms with Crippen LogP contribution in [0.4, 0.5) is 0 Å². The number of hydrogen-bond acceptors (Lipinski definition) is 5. The van der Waals surface area contributed by atoms with Gasteiger partial charge < -0.3 is 14.8 Å². The molecule has 2 aromatic carbocycles. The summed E-state index contributed by atoms with van der Waals surface area (Å²) < 4.78 is 37.1. The smallest absolute Gasteiger partial charge is 0.251 e. The van der Waals surface area contributed by atoms with Gasteiger partial charge in [-0.1, -0.05) is 23.7 Å². The van der Waals surface area contributed by atoms with Gasteiger partial charge in [0.25, 0.3) is 5.91 Å². The van der Waals surface area contributed by atoms with E-state index >= 15 is 0 Å². The van der Waals surface area contributed by atoms with Gasteiger partial charge in [0, 0.05) is 49.9 Å². The number of carbonyl (C=O) groups is 1. The first kappa shape index (κ1) is 23.5. The zero-order valence-electron chi connectivity index (χ0n) is 17.9. The summed E-state index contributed by atoms with van der Waals surface area (Å²) in [4.78, 5) is 12.9. The molecule has 2 aromatic rings. The van der Waals surface area contributed by atoms with Crippen LogP contribution in [0.1, 0.15) is 28.8 Å². The monoisotopic (exact) mass is 466 g/mol. The van der Waals surface area contributed by atoms with Crippen LogP contribution >= 0.6 is 11.6 Å². The molecule has 0 atom stereocenters. The van der Waals surface area contributed by atoms with Gasteiger partial charge in [0.15, 0.2) is 0 Å². The lowest BCUT2D eigenvalue weighted by molar-refractivity contribution is 0.0487. The van der Waals surface area contributed by atoms with Crippen LogP contribution in [-0.2, 0) is 20.2 Å². The third kappa shape index (κ3) is 5.03. The molecule has 1 aliphatic rings. The van der Waals surface area contributed by atoms with Crippen molar-refractivity contribution in [3.63, 3.8) is 0 Å². The summed E-state index contributed by atoms with van der Waals surface area (Å²) >= 11 is 6.21. The van der Waals surface area contributed by atoms with Crippen molar-refractivity contribution in [3.05, 3.63) is 58.6 Å². The molecule has 0 spiro atoms. The highest BCUT2D eigenvalue weighted by Gasteiger charge is 2.35. The third-order valence-corrected chi connectivity index (χ3v) is 7.73. The summed E-state index contributed by atoms with van der Waals surface area (Å²) in [7, 11) is 0.483. The fraction of sp³-hybridized carbons (Fsp3) is 0.409. The molecule has 0 saturated carbocycles. The molecular formula is C22H27ClN2O5S. The maximum Gasteiger partial charge on any atom is 0.251 e. The lowest BCUT2D eigenvalue weighted by Crippen LogP contribution is -2.44. The van der Waals surface area contributed by atoms with Crippen LogP contribution in [0.3, 0.4) is 0 Å². The minimum Gasteiger partial charge on any atom is -0.495 e. The van der Waals surface area contributed by atoms with E-state index in [-0.39, 0.29) is 27.5 Å². The maximum atomic E-state index is 13.0. The van der Waals surface area contributed by atoms with E-state index in [9.17, 15) is 13.2 Å². The number of rotatable bonds is 7. The fourth-order valence-corrected chi connectivity index (χ4v) is 4.98. The minimum absolute atomic E-state index is 0.0525. The number of nitrogens with one attached hydrogen (secondary N) is 1. The Bertz CT molecular complexity index is 1050.